The number of nitrogens with two attached hydrogens (primary N) is 1. The van der Waals surface area contributed by atoms with Gasteiger partial charge in [0.2, 0.25) is 0 Å². The van der Waals surface area contributed by atoms with Crippen molar-refractivity contribution in [3.63, 3.8) is 0 Å². The van der Waals surface area contributed by atoms with E-state index in [0.717, 1.165) is 5.57 Å². The van der Waals surface area contributed by atoms with Crippen molar-refractivity contribution in [2.75, 3.05) is 6.54 Å². The highest BCUT2D eigenvalue weighted by Gasteiger charge is 1.83. The highest BCUT2D eigenvalue weighted by molar-refractivity contribution is 5.76. The van der Waals surface area contributed by atoms with Crippen LogP contribution >= 0.6 is 0 Å². The maximum atomic E-state index is 9.99. The first-order valence-electron chi connectivity index (χ1n) is 2.90. The molecule has 0 unspecified atom stereocenters. The lowest BCUT2D eigenvalue weighted by atomic mass is 10.2. The van der Waals surface area contributed by atoms with E-state index in [1.54, 1.807) is 12.2 Å². The van der Waals surface area contributed by atoms with Crippen LogP contribution in [0.1, 0.15) is 0 Å². The van der Waals surface area contributed by atoms with Crippen molar-refractivity contribution in [2.45, 2.75) is 0 Å². The van der Waals surface area contributed by atoms with Gasteiger partial charge in [-0.3, -0.25) is 4.79 Å². The number of carbonyl (C=O) groups excluding carboxylic acids is 1. The van der Waals surface area contributed by atoms with Crippen LogP contribution in [0.25, 0.3) is 0 Å². The number of hydrogen-bond donors (Lipinski definition) is 1. The second-order valence-electron chi connectivity index (χ2n) is 1.89. The van der Waals surface area contributed by atoms with Gasteiger partial charge in [-0.05, 0) is 5.57 Å². The predicted octanol–water partition coefficient (Wildman–Crippen LogP) is 0.813. The summed E-state index contributed by atoms with van der Waals surface area (Å²) < 4.78 is 0. The molecule has 54 valence electrons. The second kappa shape index (κ2) is 4.70. The summed E-state index contributed by atoms with van der Waals surface area (Å²) in [6.07, 6.45) is 3.94. The van der Waals surface area contributed by atoms with Crippen LogP contribution < -0.4 is 5.73 Å². The molecule has 0 aliphatic carbocycles. The molecule has 2 heteroatoms. The third-order valence-corrected chi connectivity index (χ3v) is 0.947. The lowest BCUT2D eigenvalue weighted by Gasteiger charge is -1.89. The minimum atomic E-state index is 0.405. The van der Waals surface area contributed by atoms with E-state index < -0.39 is 0 Å². The first-order chi connectivity index (χ1) is 4.70. The van der Waals surface area contributed by atoms with Crippen molar-refractivity contribution in [1.29, 1.82) is 0 Å². The summed E-state index contributed by atoms with van der Waals surface area (Å²) in [5, 5.41) is 0. The summed E-state index contributed by atoms with van der Waals surface area (Å²) in [5.74, 6) is 0. The first-order valence-corrected chi connectivity index (χ1v) is 2.90. The Morgan fingerprint density at radius 1 is 1.40 bits per heavy atom. The molecule has 0 radical (unpaired) electrons. The zero-order valence-electron chi connectivity index (χ0n) is 5.84. The Bertz CT molecular complexity index is 180. The Morgan fingerprint density at radius 2 is 2.00 bits per heavy atom. The molecule has 2 N–H and O–H groups in total. The highest BCUT2D eigenvalue weighted by atomic mass is 16.1. The van der Waals surface area contributed by atoms with E-state index in [1.807, 2.05) is 0 Å². The Balaban J connectivity index is 3.87. The molecule has 0 atom stereocenters. The van der Waals surface area contributed by atoms with Gasteiger partial charge in [-0.25, -0.2) is 0 Å². The van der Waals surface area contributed by atoms with E-state index in [0.29, 0.717) is 18.4 Å². The van der Waals surface area contributed by atoms with Crippen LogP contribution in [-0.2, 0) is 4.79 Å². The third-order valence-electron chi connectivity index (χ3n) is 0.947. The Labute approximate surface area is 60.7 Å². The number of rotatable bonds is 4. The van der Waals surface area contributed by atoms with Crippen LogP contribution in [0.3, 0.4) is 0 Å². The Morgan fingerprint density at radius 3 is 2.40 bits per heavy atom. The minimum absolute atomic E-state index is 0.405. The molecule has 0 spiro atoms. The summed E-state index contributed by atoms with van der Waals surface area (Å²) >= 11 is 0. The first kappa shape index (κ1) is 8.85. The van der Waals surface area contributed by atoms with Crippen molar-refractivity contribution >= 4 is 6.29 Å². The van der Waals surface area contributed by atoms with Gasteiger partial charge in [0.1, 0.15) is 6.29 Å². The fourth-order valence-corrected chi connectivity index (χ4v) is 0.332. The normalized spacial score (nSPS) is 9.70. The van der Waals surface area contributed by atoms with Gasteiger partial charge in [-0.2, -0.15) is 0 Å². The number of hydrogen-bond acceptors (Lipinski definition) is 2. The Kier molecular flexibility index (Phi) is 4.16. The largest absolute Gasteiger partial charge is 0.327 e. The van der Waals surface area contributed by atoms with Gasteiger partial charge in [0.05, 0.1) is 0 Å². The lowest BCUT2D eigenvalue weighted by molar-refractivity contribution is -0.104. The molecule has 0 fully saturated rings. The van der Waals surface area contributed by atoms with Crippen molar-refractivity contribution in [1.82, 2.24) is 0 Å². The van der Waals surface area contributed by atoms with Gasteiger partial charge in [0.25, 0.3) is 0 Å². The van der Waals surface area contributed by atoms with E-state index in [9.17, 15) is 4.79 Å². The van der Waals surface area contributed by atoms with Gasteiger partial charge < -0.3 is 5.73 Å². The van der Waals surface area contributed by atoms with E-state index >= 15 is 0 Å². The zero-order chi connectivity index (χ0) is 7.98. The SMILES string of the molecule is C=C(C=O)/C=C\C(=C)CN. The van der Waals surface area contributed by atoms with E-state index in [4.69, 9.17) is 5.73 Å². The van der Waals surface area contributed by atoms with Crippen LogP contribution in [0, 0.1) is 0 Å². The minimum Gasteiger partial charge on any atom is -0.327 e. The molecule has 0 saturated carbocycles. The molecular formula is C8H11NO. The van der Waals surface area contributed by atoms with Crippen molar-refractivity contribution in [3.8, 4) is 0 Å². The maximum Gasteiger partial charge on any atom is 0.149 e. The smallest absolute Gasteiger partial charge is 0.149 e. The van der Waals surface area contributed by atoms with Crippen LogP contribution in [-0.4, -0.2) is 12.8 Å². The molecule has 0 heterocycles. The number of aldehydes is 1. The van der Waals surface area contributed by atoms with Crippen LogP contribution in [0.5, 0.6) is 0 Å². The number of carbonyl (C=O) groups is 1. The molecule has 0 aliphatic rings. The molecule has 0 saturated heterocycles. The summed E-state index contributed by atoms with van der Waals surface area (Å²) in [5.41, 5.74) is 6.44. The van der Waals surface area contributed by atoms with Gasteiger partial charge in [0.15, 0.2) is 0 Å². The van der Waals surface area contributed by atoms with Crippen LogP contribution in [0.2, 0.25) is 0 Å². The maximum absolute atomic E-state index is 9.99. The average molecular weight is 137 g/mol. The fourth-order valence-electron chi connectivity index (χ4n) is 0.332. The quantitative estimate of drug-likeness (QED) is 0.354. The van der Waals surface area contributed by atoms with Gasteiger partial charge in [0, 0.05) is 12.1 Å². The summed E-state index contributed by atoms with van der Waals surface area (Å²) in [6, 6.07) is 0. The average Bonchev–Trinajstić information content (AvgIpc) is 1.99. The van der Waals surface area contributed by atoms with Crippen molar-refractivity contribution < 1.29 is 4.79 Å². The Hall–Kier alpha value is -1.15. The van der Waals surface area contributed by atoms with Crippen molar-refractivity contribution in [2.24, 2.45) is 5.73 Å². The molecule has 0 aromatic heterocycles. The molecule has 0 aliphatic heterocycles. The van der Waals surface area contributed by atoms with Crippen molar-refractivity contribution in [3.05, 3.63) is 36.5 Å². The standard InChI is InChI=1S/C8H11NO/c1-7(5-9)3-4-8(2)6-10/h3-4,6H,1-2,5,9H2/b4-3-. The van der Waals surface area contributed by atoms with E-state index in [1.165, 1.54) is 0 Å². The van der Waals surface area contributed by atoms with Gasteiger partial charge in [-0.15, -0.1) is 0 Å². The monoisotopic (exact) mass is 137 g/mol. The predicted molar refractivity (Wildman–Crippen MR) is 42.5 cm³/mol. The molecule has 0 bridgehead atoms. The van der Waals surface area contributed by atoms with Gasteiger partial charge >= 0.3 is 0 Å². The van der Waals surface area contributed by atoms with E-state index in [2.05, 4.69) is 13.2 Å². The molecular weight excluding hydrogens is 126 g/mol. The third kappa shape index (κ3) is 3.80. The van der Waals surface area contributed by atoms with Crippen LogP contribution in [0.4, 0.5) is 0 Å². The topological polar surface area (TPSA) is 43.1 Å². The molecule has 0 rings (SSSR count). The number of allylic oxidation sites excluding steroid dienone is 2. The summed E-state index contributed by atoms with van der Waals surface area (Å²) in [6.45, 7) is 7.46. The molecule has 0 aromatic rings. The fraction of sp³-hybridized carbons (Fsp3) is 0.125. The summed E-state index contributed by atoms with van der Waals surface area (Å²) in [7, 11) is 0. The molecule has 2 nitrogen and oxygen atoms in total. The summed E-state index contributed by atoms with van der Waals surface area (Å²) in [4.78, 5) is 9.99. The van der Waals surface area contributed by atoms with Crippen LogP contribution in [0.15, 0.2) is 36.5 Å². The molecule has 0 aromatic carbocycles. The second-order valence-corrected chi connectivity index (χ2v) is 1.89. The zero-order valence-corrected chi connectivity index (χ0v) is 5.84. The lowest BCUT2D eigenvalue weighted by Crippen LogP contribution is -1.98. The van der Waals surface area contributed by atoms with Gasteiger partial charge in [-0.1, -0.05) is 25.3 Å². The molecule has 10 heavy (non-hydrogen) atoms. The molecule has 0 amide bonds. The highest BCUT2D eigenvalue weighted by Crippen LogP contribution is 1.93. The van der Waals surface area contributed by atoms with E-state index in [-0.39, 0.29) is 0 Å².